The molecule has 0 bridgehead atoms. The minimum Gasteiger partial charge on any atom is -0.496 e. The molecule has 1 aromatic heterocycles. The molecule has 0 atom stereocenters. The van der Waals surface area contributed by atoms with Crippen LogP contribution in [-0.4, -0.2) is 35.8 Å². The van der Waals surface area contributed by atoms with Crippen molar-refractivity contribution in [2.75, 3.05) is 14.2 Å². The molecule has 5 heteroatoms. The quantitative estimate of drug-likeness (QED) is 0.741. The predicted octanol–water partition coefficient (Wildman–Crippen LogP) is 2.68. The van der Waals surface area contributed by atoms with Crippen LogP contribution < -0.4 is 4.74 Å². The maximum Gasteiger partial charge on any atom is 0.131 e. The van der Waals surface area contributed by atoms with E-state index in [1.807, 2.05) is 30.3 Å². The Labute approximate surface area is 116 Å². The third kappa shape index (κ3) is 1.93. The number of aromatic amines is 1. The summed E-state index contributed by atoms with van der Waals surface area (Å²) in [5, 5.41) is 13.1. The number of hydrogen-bond acceptors (Lipinski definition) is 4. The van der Waals surface area contributed by atoms with Gasteiger partial charge in [-0.2, -0.15) is 15.4 Å². The minimum absolute atomic E-state index is 0.725. The SMILES string of the molecule is CN=Cc1n[nH]nc1-c1ccc(OC)c2ccccc12. The van der Waals surface area contributed by atoms with Crippen LogP contribution in [0.4, 0.5) is 0 Å². The van der Waals surface area contributed by atoms with Crippen LogP contribution in [0.2, 0.25) is 0 Å². The van der Waals surface area contributed by atoms with E-state index in [9.17, 15) is 0 Å². The fourth-order valence-corrected chi connectivity index (χ4v) is 2.31. The lowest BCUT2D eigenvalue weighted by Crippen LogP contribution is -1.91. The van der Waals surface area contributed by atoms with E-state index in [4.69, 9.17) is 4.74 Å². The number of nitrogens with zero attached hydrogens (tertiary/aromatic N) is 3. The van der Waals surface area contributed by atoms with Gasteiger partial charge in [0, 0.05) is 18.0 Å². The van der Waals surface area contributed by atoms with Crippen LogP contribution in [0.15, 0.2) is 41.4 Å². The number of rotatable bonds is 3. The Hall–Kier alpha value is -2.69. The second kappa shape index (κ2) is 5.13. The summed E-state index contributed by atoms with van der Waals surface area (Å²) >= 11 is 0. The van der Waals surface area contributed by atoms with Gasteiger partial charge in [-0.3, -0.25) is 4.99 Å². The van der Waals surface area contributed by atoms with E-state index >= 15 is 0 Å². The molecule has 0 radical (unpaired) electrons. The van der Waals surface area contributed by atoms with Crippen LogP contribution in [0.3, 0.4) is 0 Å². The lowest BCUT2D eigenvalue weighted by molar-refractivity contribution is 0.420. The Morgan fingerprint density at radius 2 is 1.90 bits per heavy atom. The first-order chi connectivity index (χ1) is 9.85. The van der Waals surface area contributed by atoms with Crippen molar-refractivity contribution >= 4 is 17.0 Å². The fourth-order valence-electron chi connectivity index (χ4n) is 2.31. The third-order valence-electron chi connectivity index (χ3n) is 3.19. The summed E-state index contributed by atoms with van der Waals surface area (Å²) < 4.78 is 5.41. The van der Waals surface area contributed by atoms with Crippen LogP contribution in [0, 0.1) is 0 Å². The summed E-state index contributed by atoms with van der Waals surface area (Å²) in [4.78, 5) is 4.01. The Morgan fingerprint density at radius 3 is 2.65 bits per heavy atom. The standard InChI is InChI=1S/C15H14N4O/c1-16-9-13-15(18-19-17-13)12-7-8-14(20-2)11-6-4-3-5-10(11)12/h3-9H,1-2H3,(H,17,18,19). The molecule has 5 nitrogen and oxygen atoms in total. The van der Waals surface area contributed by atoms with Crippen LogP contribution in [0.25, 0.3) is 22.0 Å². The normalized spacial score (nSPS) is 11.3. The van der Waals surface area contributed by atoms with Crippen molar-refractivity contribution in [2.24, 2.45) is 4.99 Å². The number of hydrogen-bond donors (Lipinski definition) is 1. The summed E-state index contributed by atoms with van der Waals surface area (Å²) in [6, 6.07) is 12.0. The maximum atomic E-state index is 5.41. The molecular weight excluding hydrogens is 252 g/mol. The number of aliphatic imine (C=N–C) groups is 1. The van der Waals surface area contributed by atoms with Gasteiger partial charge in [-0.1, -0.05) is 24.3 Å². The van der Waals surface area contributed by atoms with Gasteiger partial charge in [0.05, 0.1) is 13.3 Å². The first kappa shape index (κ1) is 12.3. The molecule has 0 saturated carbocycles. The highest BCUT2D eigenvalue weighted by Crippen LogP contribution is 2.33. The number of aromatic nitrogens is 3. The smallest absolute Gasteiger partial charge is 0.131 e. The number of nitrogens with one attached hydrogen (secondary N) is 1. The van der Waals surface area contributed by atoms with Crippen molar-refractivity contribution < 1.29 is 4.74 Å². The highest BCUT2D eigenvalue weighted by atomic mass is 16.5. The Morgan fingerprint density at radius 1 is 1.10 bits per heavy atom. The molecule has 100 valence electrons. The van der Waals surface area contributed by atoms with Gasteiger partial charge in [0.15, 0.2) is 0 Å². The average Bonchev–Trinajstić information content (AvgIpc) is 2.94. The number of benzene rings is 2. The summed E-state index contributed by atoms with van der Waals surface area (Å²) in [5.41, 5.74) is 2.52. The molecule has 1 heterocycles. The third-order valence-corrected chi connectivity index (χ3v) is 3.19. The summed E-state index contributed by atoms with van der Waals surface area (Å²) in [6.45, 7) is 0. The number of H-pyrrole nitrogens is 1. The van der Waals surface area contributed by atoms with Gasteiger partial charge in [0.1, 0.15) is 17.1 Å². The van der Waals surface area contributed by atoms with Crippen LogP contribution in [0.1, 0.15) is 5.69 Å². The maximum absolute atomic E-state index is 5.41. The van der Waals surface area contributed by atoms with Gasteiger partial charge in [0.2, 0.25) is 0 Å². The van der Waals surface area contributed by atoms with Crippen molar-refractivity contribution in [3.05, 3.63) is 42.1 Å². The van der Waals surface area contributed by atoms with Gasteiger partial charge in [-0.05, 0) is 17.5 Å². The molecule has 20 heavy (non-hydrogen) atoms. The topological polar surface area (TPSA) is 63.2 Å². The Balaban J connectivity index is 2.29. The minimum atomic E-state index is 0.725. The van der Waals surface area contributed by atoms with Crippen molar-refractivity contribution in [3.8, 4) is 17.0 Å². The Kier molecular flexibility index (Phi) is 3.16. The van der Waals surface area contributed by atoms with Crippen molar-refractivity contribution in [2.45, 2.75) is 0 Å². The lowest BCUT2D eigenvalue weighted by Gasteiger charge is -2.09. The van der Waals surface area contributed by atoms with E-state index in [0.717, 1.165) is 33.5 Å². The van der Waals surface area contributed by atoms with Crippen LogP contribution in [0.5, 0.6) is 5.75 Å². The largest absolute Gasteiger partial charge is 0.496 e. The van der Waals surface area contributed by atoms with Gasteiger partial charge in [-0.25, -0.2) is 0 Å². The molecule has 0 spiro atoms. The molecule has 1 N–H and O–H groups in total. The van der Waals surface area contributed by atoms with E-state index in [1.165, 1.54) is 0 Å². The highest BCUT2D eigenvalue weighted by Gasteiger charge is 2.13. The monoisotopic (exact) mass is 266 g/mol. The Bertz CT molecular complexity index is 776. The zero-order valence-corrected chi connectivity index (χ0v) is 11.3. The van der Waals surface area contributed by atoms with E-state index in [-0.39, 0.29) is 0 Å². The lowest BCUT2D eigenvalue weighted by atomic mass is 10.0. The molecule has 3 rings (SSSR count). The van der Waals surface area contributed by atoms with Crippen molar-refractivity contribution in [1.29, 1.82) is 0 Å². The van der Waals surface area contributed by atoms with Crippen molar-refractivity contribution in [1.82, 2.24) is 15.4 Å². The predicted molar refractivity (Wildman–Crippen MR) is 79.4 cm³/mol. The summed E-state index contributed by atoms with van der Waals surface area (Å²) in [7, 11) is 3.39. The number of fused-ring (bicyclic) bond motifs is 1. The molecule has 0 aliphatic rings. The first-order valence-corrected chi connectivity index (χ1v) is 6.24. The molecule has 0 fully saturated rings. The zero-order chi connectivity index (χ0) is 13.9. The zero-order valence-electron chi connectivity index (χ0n) is 11.3. The molecule has 0 unspecified atom stereocenters. The summed E-state index contributed by atoms with van der Waals surface area (Å²) in [5.74, 6) is 0.846. The molecule has 2 aromatic carbocycles. The highest BCUT2D eigenvalue weighted by molar-refractivity contribution is 6.02. The molecular formula is C15H14N4O. The first-order valence-electron chi connectivity index (χ1n) is 6.24. The number of ether oxygens (including phenoxy) is 1. The van der Waals surface area contributed by atoms with E-state index in [2.05, 4.69) is 26.5 Å². The average molecular weight is 266 g/mol. The van der Waals surface area contributed by atoms with Gasteiger partial charge in [-0.15, -0.1) is 0 Å². The molecule has 3 aromatic rings. The second-order valence-corrected chi connectivity index (χ2v) is 4.31. The van der Waals surface area contributed by atoms with Crippen LogP contribution in [-0.2, 0) is 0 Å². The fraction of sp³-hybridized carbons (Fsp3) is 0.133. The van der Waals surface area contributed by atoms with Gasteiger partial charge >= 0.3 is 0 Å². The van der Waals surface area contributed by atoms with E-state index in [0.29, 0.717) is 0 Å². The molecule has 0 aliphatic carbocycles. The summed E-state index contributed by atoms with van der Waals surface area (Å²) in [6.07, 6.45) is 1.69. The van der Waals surface area contributed by atoms with E-state index < -0.39 is 0 Å². The van der Waals surface area contributed by atoms with Crippen molar-refractivity contribution in [3.63, 3.8) is 0 Å². The molecule has 0 aliphatic heterocycles. The van der Waals surface area contributed by atoms with E-state index in [1.54, 1.807) is 20.4 Å². The molecule has 0 amide bonds. The number of methoxy groups -OCH3 is 1. The molecule has 0 saturated heterocycles. The van der Waals surface area contributed by atoms with Crippen LogP contribution >= 0.6 is 0 Å². The van der Waals surface area contributed by atoms with Gasteiger partial charge in [0.25, 0.3) is 0 Å². The van der Waals surface area contributed by atoms with Gasteiger partial charge < -0.3 is 4.74 Å². The second-order valence-electron chi connectivity index (χ2n) is 4.31.